The van der Waals surface area contributed by atoms with Crippen molar-refractivity contribution in [2.75, 3.05) is 18.5 Å². The molecule has 1 saturated heterocycles. The van der Waals surface area contributed by atoms with Crippen LogP contribution in [-0.2, 0) is 14.3 Å². The second-order valence-corrected chi connectivity index (χ2v) is 6.15. The molecule has 22 heavy (non-hydrogen) atoms. The summed E-state index contributed by atoms with van der Waals surface area (Å²) in [5, 5.41) is 12.9. The molecule has 120 valence electrons. The smallest absolute Gasteiger partial charge is 0.228 e. The summed E-state index contributed by atoms with van der Waals surface area (Å²) in [6, 6.07) is 2.15. The van der Waals surface area contributed by atoms with Gasteiger partial charge in [0.1, 0.15) is 0 Å². The van der Waals surface area contributed by atoms with E-state index in [0.717, 1.165) is 31.4 Å². The molecule has 2 amide bonds. The van der Waals surface area contributed by atoms with Crippen molar-refractivity contribution >= 4 is 17.6 Å². The molecule has 3 rings (SSSR count). The molecule has 0 unspecified atom stereocenters. The predicted octanol–water partition coefficient (Wildman–Crippen LogP) is 1.16. The molecule has 2 aliphatic rings. The number of hydrogen-bond donors (Lipinski definition) is 3. The Morgan fingerprint density at radius 3 is 2.73 bits per heavy atom. The van der Waals surface area contributed by atoms with Gasteiger partial charge < -0.3 is 15.4 Å². The van der Waals surface area contributed by atoms with E-state index in [2.05, 4.69) is 20.8 Å². The normalized spacial score (nSPS) is 25.3. The Morgan fingerprint density at radius 2 is 2.05 bits per heavy atom. The average Bonchev–Trinajstić information content (AvgIpc) is 2.91. The maximum absolute atomic E-state index is 12.1. The third-order valence-electron chi connectivity index (χ3n) is 4.43. The Kier molecular flexibility index (Phi) is 4.42. The molecule has 2 heterocycles. The molecule has 1 aromatic rings. The van der Waals surface area contributed by atoms with Crippen LogP contribution < -0.4 is 10.6 Å². The topological polar surface area (TPSA) is 96.1 Å². The van der Waals surface area contributed by atoms with E-state index >= 15 is 0 Å². The number of hydrogen-bond acceptors (Lipinski definition) is 4. The summed E-state index contributed by atoms with van der Waals surface area (Å²) < 4.78 is 5.26. The van der Waals surface area contributed by atoms with Crippen LogP contribution in [0.1, 0.15) is 44.2 Å². The summed E-state index contributed by atoms with van der Waals surface area (Å²) in [6.07, 6.45) is 3.36. The van der Waals surface area contributed by atoms with Crippen molar-refractivity contribution in [1.82, 2.24) is 15.5 Å². The van der Waals surface area contributed by atoms with Crippen molar-refractivity contribution < 1.29 is 14.3 Å². The Bertz CT molecular complexity index is 545. The number of amides is 2. The summed E-state index contributed by atoms with van der Waals surface area (Å²) in [4.78, 5) is 23.1. The molecule has 0 aromatic carbocycles. The number of nitrogens with zero attached hydrogens (tertiary/aromatic N) is 1. The first-order valence-corrected chi connectivity index (χ1v) is 7.83. The molecule has 7 nitrogen and oxygen atoms in total. The van der Waals surface area contributed by atoms with Gasteiger partial charge in [-0.15, -0.1) is 0 Å². The van der Waals surface area contributed by atoms with Gasteiger partial charge in [0.2, 0.25) is 11.8 Å². The van der Waals surface area contributed by atoms with Gasteiger partial charge in [0.05, 0.1) is 0 Å². The fourth-order valence-corrected chi connectivity index (χ4v) is 3.07. The minimum absolute atomic E-state index is 0.0116. The first kappa shape index (κ1) is 15.0. The van der Waals surface area contributed by atoms with Crippen LogP contribution in [0, 0.1) is 5.92 Å². The molecular formula is C15H22N4O3. The number of anilines is 1. The Hall–Kier alpha value is -1.89. The van der Waals surface area contributed by atoms with Crippen molar-refractivity contribution in [3.05, 3.63) is 11.8 Å². The molecule has 3 N–H and O–H groups in total. The molecule has 0 atom stereocenters. The van der Waals surface area contributed by atoms with Gasteiger partial charge in [-0.25, -0.2) is 0 Å². The van der Waals surface area contributed by atoms with E-state index in [0.29, 0.717) is 24.9 Å². The Labute approximate surface area is 129 Å². The lowest BCUT2D eigenvalue weighted by atomic mass is 9.78. The number of aromatic nitrogens is 2. The van der Waals surface area contributed by atoms with E-state index < -0.39 is 0 Å². The highest BCUT2D eigenvalue weighted by molar-refractivity contribution is 5.91. The van der Waals surface area contributed by atoms with Crippen LogP contribution in [0.3, 0.4) is 0 Å². The Balaban J connectivity index is 1.49. The molecule has 2 fully saturated rings. The molecule has 1 aliphatic carbocycles. The molecule has 1 aromatic heterocycles. The highest BCUT2D eigenvalue weighted by atomic mass is 16.5. The first-order valence-electron chi connectivity index (χ1n) is 7.83. The van der Waals surface area contributed by atoms with Gasteiger partial charge in [-0.2, -0.15) is 5.10 Å². The van der Waals surface area contributed by atoms with Gasteiger partial charge in [0, 0.05) is 49.8 Å². The van der Waals surface area contributed by atoms with Crippen molar-refractivity contribution in [3.63, 3.8) is 0 Å². The van der Waals surface area contributed by atoms with Crippen molar-refractivity contribution in [3.8, 4) is 0 Å². The van der Waals surface area contributed by atoms with Crippen LogP contribution in [0.4, 0.5) is 5.82 Å². The molecular weight excluding hydrogens is 284 g/mol. The zero-order valence-corrected chi connectivity index (χ0v) is 12.7. The molecule has 0 bridgehead atoms. The number of H-pyrrole nitrogens is 1. The zero-order valence-electron chi connectivity index (χ0n) is 12.7. The quantitative estimate of drug-likeness (QED) is 0.777. The minimum Gasteiger partial charge on any atom is -0.381 e. The lowest BCUT2D eigenvalue weighted by Crippen LogP contribution is -2.42. The van der Waals surface area contributed by atoms with E-state index in [1.807, 2.05) is 6.07 Å². The highest BCUT2D eigenvalue weighted by Gasteiger charge is 2.32. The Morgan fingerprint density at radius 1 is 1.32 bits per heavy atom. The predicted molar refractivity (Wildman–Crippen MR) is 80.3 cm³/mol. The maximum Gasteiger partial charge on any atom is 0.228 e. The second-order valence-electron chi connectivity index (χ2n) is 6.15. The van der Waals surface area contributed by atoms with Crippen molar-refractivity contribution in [2.24, 2.45) is 5.92 Å². The largest absolute Gasteiger partial charge is 0.381 e. The van der Waals surface area contributed by atoms with Crippen LogP contribution in [0.15, 0.2) is 6.07 Å². The number of rotatable bonds is 4. The maximum atomic E-state index is 12.1. The SMILES string of the molecule is CC(=O)NC1CC(c2cc(NC(=O)C3CCOCC3)n[nH]2)C1. The molecule has 7 heteroatoms. The van der Waals surface area contributed by atoms with Crippen LogP contribution in [-0.4, -0.2) is 41.3 Å². The summed E-state index contributed by atoms with van der Waals surface area (Å²) >= 11 is 0. The van der Waals surface area contributed by atoms with Gasteiger partial charge in [0.25, 0.3) is 0 Å². The van der Waals surface area contributed by atoms with Gasteiger partial charge in [0.15, 0.2) is 5.82 Å². The van der Waals surface area contributed by atoms with E-state index in [1.165, 1.54) is 6.92 Å². The first-order chi connectivity index (χ1) is 10.6. The standard InChI is InChI=1S/C15H22N4O3/c1-9(20)16-12-6-11(7-12)13-8-14(19-18-13)17-15(21)10-2-4-22-5-3-10/h8,10-12H,2-7H2,1H3,(H,16,20)(H2,17,18,19,21). The summed E-state index contributed by atoms with van der Waals surface area (Å²) in [5.41, 5.74) is 1.02. The van der Waals surface area contributed by atoms with E-state index in [-0.39, 0.29) is 23.8 Å². The van der Waals surface area contributed by atoms with Crippen LogP contribution in [0.5, 0.6) is 0 Å². The average molecular weight is 306 g/mol. The number of aromatic amines is 1. The monoisotopic (exact) mass is 306 g/mol. The number of ether oxygens (including phenoxy) is 1. The zero-order chi connectivity index (χ0) is 15.5. The van der Waals surface area contributed by atoms with Gasteiger partial charge in [-0.3, -0.25) is 14.7 Å². The molecule has 1 saturated carbocycles. The van der Waals surface area contributed by atoms with Crippen molar-refractivity contribution in [1.29, 1.82) is 0 Å². The fourth-order valence-electron chi connectivity index (χ4n) is 3.07. The van der Waals surface area contributed by atoms with E-state index in [9.17, 15) is 9.59 Å². The number of carbonyl (C=O) groups is 2. The minimum atomic E-state index is 0.0116. The molecule has 0 radical (unpaired) electrons. The molecule has 1 aliphatic heterocycles. The molecule has 0 spiro atoms. The number of nitrogens with one attached hydrogen (secondary N) is 3. The van der Waals surface area contributed by atoms with Gasteiger partial charge >= 0.3 is 0 Å². The highest BCUT2D eigenvalue weighted by Crippen LogP contribution is 2.36. The van der Waals surface area contributed by atoms with E-state index in [1.54, 1.807) is 0 Å². The van der Waals surface area contributed by atoms with Crippen LogP contribution >= 0.6 is 0 Å². The van der Waals surface area contributed by atoms with Crippen molar-refractivity contribution in [2.45, 2.75) is 44.6 Å². The lowest BCUT2D eigenvalue weighted by molar-refractivity contribution is -0.122. The second kappa shape index (κ2) is 6.48. The lowest BCUT2D eigenvalue weighted by Gasteiger charge is -2.34. The third-order valence-corrected chi connectivity index (χ3v) is 4.43. The van der Waals surface area contributed by atoms with Gasteiger partial charge in [-0.05, 0) is 25.7 Å². The summed E-state index contributed by atoms with van der Waals surface area (Å²) in [6.45, 7) is 2.83. The van der Waals surface area contributed by atoms with Crippen LogP contribution in [0.25, 0.3) is 0 Å². The summed E-state index contributed by atoms with van der Waals surface area (Å²) in [7, 11) is 0. The fraction of sp³-hybridized carbons (Fsp3) is 0.667. The number of carbonyl (C=O) groups excluding carboxylic acids is 2. The summed E-state index contributed by atoms with van der Waals surface area (Å²) in [5.74, 6) is 0.998. The third kappa shape index (κ3) is 3.47. The van der Waals surface area contributed by atoms with Gasteiger partial charge in [-0.1, -0.05) is 0 Å². The van der Waals surface area contributed by atoms with E-state index in [4.69, 9.17) is 4.74 Å². The van der Waals surface area contributed by atoms with Crippen LogP contribution in [0.2, 0.25) is 0 Å².